The number of benzene rings is 1. The molecule has 3 aliphatic rings. The molecule has 1 aromatic heterocycles. The Morgan fingerprint density at radius 1 is 1.11 bits per heavy atom. The Bertz CT molecular complexity index is 969. The molecule has 0 bridgehead atoms. The fourth-order valence-corrected chi connectivity index (χ4v) is 4.77. The van der Waals surface area contributed by atoms with Gasteiger partial charge in [0.1, 0.15) is 12.2 Å². The minimum absolute atomic E-state index is 0.140. The van der Waals surface area contributed by atoms with Gasteiger partial charge in [0.25, 0.3) is 5.91 Å². The van der Waals surface area contributed by atoms with E-state index in [1.165, 1.54) is 19.3 Å². The molecule has 1 unspecified atom stereocenters. The van der Waals surface area contributed by atoms with E-state index in [9.17, 15) is 9.59 Å². The average molecular weight is 381 g/mol. The molecule has 28 heavy (non-hydrogen) atoms. The van der Waals surface area contributed by atoms with Gasteiger partial charge in [-0.2, -0.15) is 0 Å². The van der Waals surface area contributed by atoms with Gasteiger partial charge in [-0.1, -0.05) is 18.6 Å². The third kappa shape index (κ3) is 2.87. The first-order chi connectivity index (χ1) is 13.6. The van der Waals surface area contributed by atoms with Crippen LogP contribution in [0.2, 0.25) is 0 Å². The Labute approximate surface area is 163 Å². The zero-order chi connectivity index (χ0) is 19.3. The second-order valence-electron chi connectivity index (χ2n) is 8.02. The van der Waals surface area contributed by atoms with Crippen LogP contribution in [0.25, 0.3) is 0 Å². The maximum absolute atomic E-state index is 13.0. The molecule has 1 saturated heterocycles. The van der Waals surface area contributed by atoms with Crippen LogP contribution in [0.4, 0.5) is 0 Å². The minimum Gasteiger partial charge on any atom is -0.485 e. The van der Waals surface area contributed by atoms with Crippen molar-refractivity contribution < 1.29 is 18.7 Å². The predicted molar refractivity (Wildman–Crippen MR) is 102 cm³/mol. The summed E-state index contributed by atoms with van der Waals surface area (Å²) in [5.41, 5.74) is 0.163. The monoisotopic (exact) mass is 381 g/mol. The van der Waals surface area contributed by atoms with Crippen LogP contribution in [-0.4, -0.2) is 30.5 Å². The van der Waals surface area contributed by atoms with E-state index in [1.54, 1.807) is 13.0 Å². The van der Waals surface area contributed by atoms with E-state index in [-0.39, 0.29) is 18.1 Å². The Morgan fingerprint density at radius 3 is 2.54 bits per heavy atom. The maximum Gasteiger partial charge on any atom is 0.349 e. The van der Waals surface area contributed by atoms with Gasteiger partial charge in [-0.05, 0) is 55.4 Å². The van der Waals surface area contributed by atoms with E-state index in [1.807, 2.05) is 29.2 Å². The van der Waals surface area contributed by atoms with Crippen LogP contribution < -0.4 is 15.1 Å². The molecule has 2 fully saturated rings. The lowest BCUT2D eigenvalue weighted by molar-refractivity contribution is 0.0707. The first-order valence-electron chi connectivity index (χ1n) is 9.92. The van der Waals surface area contributed by atoms with Crippen LogP contribution in [-0.2, 0) is 0 Å². The highest BCUT2D eigenvalue weighted by molar-refractivity contribution is 5.95. The van der Waals surface area contributed by atoms with E-state index < -0.39 is 11.7 Å². The second-order valence-corrected chi connectivity index (χ2v) is 8.02. The molecule has 5 rings (SSSR count). The highest BCUT2D eigenvalue weighted by Crippen LogP contribution is 2.38. The van der Waals surface area contributed by atoms with Crippen molar-refractivity contribution >= 4 is 5.91 Å². The number of likely N-dealkylation sites (tertiary alicyclic amines) is 1. The van der Waals surface area contributed by atoms with E-state index in [2.05, 4.69) is 0 Å². The minimum atomic E-state index is -0.598. The van der Waals surface area contributed by atoms with Crippen molar-refractivity contribution in [3.63, 3.8) is 0 Å². The van der Waals surface area contributed by atoms with Crippen molar-refractivity contribution in [2.24, 2.45) is 11.8 Å². The lowest BCUT2D eigenvalue weighted by atomic mass is 10.0. The number of rotatable bonds is 2. The summed E-state index contributed by atoms with van der Waals surface area (Å²) < 4.78 is 17.1. The summed E-state index contributed by atoms with van der Waals surface area (Å²) in [7, 11) is 0. The third-order valence-electron chi connectivity index (χ3n) is 6.22. The number of nitrogens with zero attached hydrogens (tertiary/aromatic N) is 1. The van der Waals surface area contributed by atoms with Crippen molar-refractivity contribution in [2.75, 3.05) is 19.7 Å². The molecule has 146 valence electrons. The van der Waals surface area contributed by atoms with Gasteiger partial charge in [0, 0.05) is 13.1 Å². The molecule has 1 aliphatic carbocycles. The number of carbonyl (C=O) groups excluding carboxylic acids is 1. The molecule has 6 heteroatoms. The van der Waals surface area contributed by atoms with Crippen molar-refractivity contribution in [1.29, 1.82) is 0 Å². The Kier molecular flexibility index (Phi) is 4.14. The SMILES string of the molecule is Cc1cc(C2COc3ccccc3O2)oc(=O)c1C(=O)N1C[C@H]2CCC[C@H]2C1. The van der Waals surface area contributed by atoms with Gasteiger partial charge in [0.15, 0.2) is 23.4 Å². The highest BCUT2D eigenvalue weighted by Gasteiger charge is 2.39. The summed E-state index contributed by atoms with van der Waals surface area (Å²) in [5, 5.41) is 0. The second kappa shape index (κ2) is 6.69. The van der Waals surface area contributed by atoms with E-state index in [4.69, 9.17) is 13.9 Å². The van der Waals surface area contributed by atoms with Crippen LogP contribution in [0.15, 0.2) is 39.5 Å². The van der Waals surface area contributed by atoms with Crippen molar-refractivity contribution in [3.05, 3.63) is 57.6 Å². The Hall–Kier alpha value is -2.76. The molecule has 1 amide bonds. The largest absolute Gasteiger partial charge is 0.485 e. The summed E-state index contributed by atoms with van der Waals surface area (Å²) >= 11 is 0. The van der Waals surface area contributed by atoms with Crippen LogP contribution >= 0.6 is 0 Å². The smallest absolute Gasteiger partial charge is 0.349 e. The van der Waals surface area contributed by atoms with Gasteiger partial charge in [0.05, 0.1) is 0 Å². The van der Waals surface area contributed by atoms with Crippen LogP contribution in [0.3, 0.4) is 0 Å². The first-order valence-corrected chi connectivity index (χ1v) is 9.92. The summed E-state index contributed by atoms with van der Waals surface area (Å²) in [6.07, 6.45) is 3.10. The van der Waals surface area contributed by atoms with Crippen LogP contribution in [0.5, 0.6) is 11.5 Å². The topological polar surface area (TPSA) is 69.0 Å². The van der Waals surface area contributed by atoms with Gasteiger partial charge >= 0.3 is 5.63 Å². The van der Waals surface area contributed by atoms with Gasteiger partial charge in [-0.3, -0.25) is 4.79 Å². The Morgan fingerprint density at radius 2 is 1.82 bits per heavy atom. The van der Waals surface area contributed by atoms with E-state index in [0.29, 0.717) is 34.7 Å². The number of amides is 1. The first kappa shape index (κ1) is 17.3. The normalized spacial score (nSPS) is 25.6. The fourth-order valence-electron chi connectivity index (χ4n) is 4.77. The van der Waals surface area contributed by atoms with Crippen molar-refractivity contribution in [3.8, 4) is 11.5 Å². The third-order valence-corrected chi connectivity index (χ3v) is 6.22. The van der Waals surface area contributed by atoms with E-state index in [0.717, 1.165) is 13.1 Å². The summed E-state index contributed by atoms with van der Waals surface area (Å²) in [6, 6.07) is 9.11. The fraction of sp³-hybridized carbons (Fsp3) is 0.455. The molecule has 3 atom stereocenters. The molecule has 2 aliphatic heterocycles. The zero-order valence-electron chi connectivity index (χ0n) is 15.8. The number of ether oxygens (including phenoxy) is 2. The number of aryl methyl sites for hydroxylation is 1. The Balaban J connectivity index is 1.39. The standard InChI is InChI=1S/C22H23NO5/c1-13-9-18(19-12-26-16-7-2-3-8-17(16)27-19)28-22(25)20(13)21(24)23-10-14-5-4-6-15(14)11-23/h2-3,7-9,14-15,19H,4-6,10-12H2,1H3/t14-,15+,19?. The van der Waals surface area contributed by atoms with Crippen molar-refractivity contribution in [1.82, 2.24) is 4.90 Å². The summed E-state index contributed by atoms with van der Waals surface area (Å²) in [4.78, 5) is 27.5. The molecular formula is C22H23NO5. The van der Waals surface area contributed by atoms with Gasteiger partial charge in [-0.15, -0.1) is 0 Å². The number of fused-ring (bicyclic) bond motifs is 2. The molecule has 1 saturated carbocycles. The molecule has 1 aromatic carbocycles. The average Bonchev–Trinajstić information content (AvgIpc) is 3.29. The molecule has 2 aromatic rings. The molecule has 6 nitrogen and oxygen atoms in total. The number of hydrogen-bond acceptors (Lipinski definition) is 5. The zero-order valence-corrected chi connectivity index (χ0v) is 15.8. The summed E-state index contributed by atoms with van der Waals surface area (Å²) in [5.74, 6) is 2.63. The molecule has 0 N–H and O–H groups in total. The number of carbonyl (C=O) groups is 1. The number of para-hydroxylation sites is 2. The van der Waals surface area contributed by atoms with Crippen LogP contribution in [0, 0.1) is 18.8 Å². The molecule has 0 radical (unpaired) electrons. The van der Waals surface area contributed by atoms with Gasteiger partial charge < -0.3 is 18.8 Å². The quantitative estimate of drug-likeness (QED) is 0.798. The predicted octanol–water partition coefficient (Wildman–Crippen LogP) is 3.33. The molecule has 0 spiro atoms. The molecule has 3 heterocycles. The van der Waals surface area contributed by atoms with E-state index >= 15 is 0 Å². The lowest BCUT2D eigenvalue weighted by Crippen LogP contribution is -2.34. The number of hydrogen-bond donors (Lipinski definition) is 0. The van der Waals surface area contributed by atoms with Gasteiger partial charge in [-0.25, -0.2) is 4.79 Å². The maximum atomic E-state index is 13.0. The van der Waals surface area contributed by atoms with Crippen LogP contribution in [0.1, 0.15) is 47.0 Å². The summed E-state index contributed by atoms with van der Waals surface area (Å²) in [6.45, 7) is 3.53. The van der Waals surface area contributed by atoms with Crippen molar-refractivity contribution in [2.45, 2.75) is 32.3 Å². The highest BCUT2D eigenvalue weighted by atomic mass is 16.6. The van der Waals surface area contributed by atoms with Gasteiger partial charge in [0.2, 0.25) is 0 Å². The molecular weight excluding hydrogens is 358 g/mol. The lowest BCUT2D eigenvalue weighted by Gasteiger charge is -2.26.